The first kappa shape index (κ1) is 16.9. The van der Waals surface area contributed by atoms with Crippen LogP contribution in [0.2, 0.25) is 0 Å². The van der Waals surface area contributed by atoms with Crippen LogP contribution in [-0.2, 0) is 16.1 Å². The first-order chi connectivity index (χ1) is 11.6. The van der Waals surface area contributed by atoms with Gasteiger partial charge >= 0.3 is 0 Å². The molecule has 1 fully saturated rings. The summed E-state index contributed by atoms with van der Waals surface area (Å²) in [7, 11) is 1.89. The number of nitrogens with one attached hydrogen (secondary N) is 2. The van der Waals surface area contributed by atoms with Crippen LogP contribution in [0, 0.1) is 0 Å². The summed E-state index contributed by atoms with van der Waals surface area (Å²) in [6.45, 7) is 1.56. The van der Waals surface area contributed by atoms with E-state index in [2.05, 4.69) is 15.6 Å². The van der Waals surface area contributed by atoms with Gasteiger partial charge in [-0.25, -0.2) is 4.98 Å². The van der Waals surface area contributed by atoms with Gasteiger partial charge in [-0.15, -0.1) is 11.3 Å². The number of thiazole rings is 1. The average Bonchev–Trinajstić information content (AvgIpc) is 2.84. The molecule has 1 aromatic carbocycles. The molecule has 1 aliphatic rings. The summed E-state index contributed by atoms with van der Waals surface area (Å²) in [6.07, 6.45) is 2.63. The van der Waals surface area contributed by atoms with Crippen LogP contribution < -0.4 is 10.6 Å². The number of benzene rings is 1. The van der Waals surface area contributed by atoms with Gasteiger partial charge in [-0.2, -0.15) is 0 Å². The average molecular weight is 346 g/mol. The molecule has 1 aromatic heterocycles. The molecule has 1 saturated heterocycles. The zero-order chi connectivity index (χ0) is 16.9. The van der Waals surface area contributed by atoms with Crippen LogP contribution in [0.15, 0.2) is 24.3 Å². The van der Waals surface area contributed by atoms with Gasteiger partial charge in [-0.05, 0) is 38.4 Å². The van der Waals surface area contributed by atoms with E-state index in [4.69, 9.17) is 0 Å². The zero-order valence-electron chi connectivity index (χ0n) is 13.7. The van der Waals surface area contributed by atoms with Crippen LogP contribution in [0.25, 0.3) is 10.2 Å². The highest BCUT2D eigenvalue weighted by molar-refractivity contribution is 7.18. The molecule has 0 saturated carbocycles. The molecule has 2 heterocycles. The molecule has 3 rings (SSSR count). The number of aromatic nitrogens is 1. The Labute approximate surface area is 145 Å². The summed E-state index contributed by atoms with van der Waals surface area (Å²) in [5.74, 6) is -0.199. The van der Waals surface area contributed by atoms with Gasteiger partial charge < -0.3 is 10.6 Å². The molecule has 6 nitrogen and oxygen atoms in total. The maximum atomic E-state index is 12.2. The van der Waals surface area contributed by atoms with Crippen molar-refractivity contribution in [2.24, 2.45) is 0 Å². The van der Waals surface area contributed by atoms with E-state index in [1.807, 2.05) is 36.2 Å². The minimum absolute atomic E-state index is 0.0744. The molecule has 7 heteroatoms. The van der Waals surface area contributed by atoms with Crippen molar-refractivity contribution in [2.45, 2.75) is 31.8 Å². The van der Waals surface area contributed by atoms with Crippen molar-refractivity contribution in [2.75, 3.05) is 20.1 Å². The van der Waals surface area contributed by atoms with Crippen molar-refractivity contribution in [3.05, 3.63) is 29.3 Å². The molecule has 0 radical (unpaired) electrons. The van der Waals surface area contributed by atoms with Crippen LogP contribution in [0.1, 0.15) is 24.3 Å². The van der Waals surface area contributed by atoms with E-state index in [0.717, 1.165) is 28.1 Å². The van der Waals surface area contributed by atoms with Gasteiger partial charge in [0.1, 0.15) is 11.0 Å². The molecule has 0 spiro atoms. The molecule has 128 valence electrons. The van der Waals surface area contributed by atoms with E-state index in [0.29, 0.717) is 19.5 Å². The van der Waals surface area contributed by atoms with Crippen LogP contribution in [-0.4, -0.2) is 47.9 Å². The van der Waals surface area contributed by atoms with Gasteiger partial charge in [-0.1, -0.05) is 12.1 Å². The number of likely N-dealkylation sites (N-methyl/N-ethyl adjacent to an activating group) is 1. The lowest BCUT2D eigenvalue weighted by atomic mass is 10.1. The molecule has 0 aliphatic carbocycles. The van der Waals surface area contributed by atoms with Crippen molar-refractivity contribution in [3.8, 4) is 0 Å². The van der Waals surface area contributed by atoms with E-state index < -0.39 is 6.04 Å². The standard InChI is InChI=1S/C17H22N4O2S/c1-21(11-16-20-12-6-2-3-8-14(12)24-16)10-15(22)19-13-7-4-5-9-18-17(13)23/h2-3,6,8,13H,4-5,7,9-11H2,1H3,(H,18,23)(H,19,22)/t13-/m1/s1. The summed E-state index contributed by atoms with van der Waals surface area (Å²) >= 11 is 1.64. The molecule has 0 bridgehead atoms. The smallest absolute Gasteiger partial charge is 0.242 e. The van der Waals surface area contributed by atoms with Crippen molar-refractivity contribution in [3.63, 3.8) is 0 Å². The van der Waals surface area contributed by atoms with E-state index in [1.54, 1.807) is 11.3 Å². The Morgan fingerprint density at radius 3 is 3.08 bits per heavy atom. The number of carbonyl (C=O) groups excluding carboxylic acids is 2. The molecule has 2 amide bonds. The quantitative estimate of drug-likeness (QED) is 0.861. The molecular weight excluding hydrogens is 324 g/mol. The van der Waals surface area contributed by atoms with E-state index in [1.165, 1.54) is 0 Å². The fraction of sp³-hybridized carbons (Fsp3) is 0.471. The van der Waals surface area contributed by atoms with Gasteiger partial charge in [-0.3, -0.25) is 14.5 Å². The van der Waals surface area contributed by atoms with Crippen molar-refractivity contribution < 1.29 is 9.59 Å². The topological polar surface area (TPSA) is 74.3 Å². The Hall–Kier alpha value is -1.99. The normalized spacial score (nSPS) is 18.4. The Kier molecular flexibility index (Phi) is 5.42. The van der Waals surface area contributed by atoms with Gasteiger partial charge in [0.2, 0.25) is 11.8 Å². The molecular formula is C17H22N4O2S. The Morgan fingerprint density at radius 2 is 2.25 bits per heavy atom. The minimum Gasteiger partial charge on any atom is -0.354 e. The predicted molar refractivity (Wildman–Crippen MR) is 94.7 cm³/mol. The highest BCUT2D eigenvalue weighted by Crippen LogP contribution is 2.22. The first-order valence-corrected chi connectivity index (χ1v) is 9.03. The summed E-state index contributed by atoms with van der Waals surface area (Å²) in [6, 6.07) is 7.61. The molecule has 0 unspecified atom stereocenters. The lowest BCUT2D eigenvalue weighted by molar-refractivity contribution is -0.129. The van der Waals surface area contributed by atoms with Gasteiger partial charge in [0.15, 0.2) is 0 Å². The third-order valence-corrected chi connectivity index (χ3v) is 5.05. The number of fused-ring (bicyclic) bond motifs is 1. The van der Waals surface area contributed by atoms with Crippen LogP contribution in [0.5, 0.6) is 0 Å². The molecule has 2 N–H and O–H groups in total. The summed E-state index contributed by atoms with van der Waals surface area (Å²) in [5.41, 5.74) is 0.991. The summed E-state index contributed by atoms with van der Waals surface area (Å²) in [5, 5.41) is 6.66. The number of hydrogen-bond donors (Lipinski definition) is 2. The second kappa shape index (κ2) is 7.72. The lowest BCUT2D eigenvalue weighted by Crippen LogP contribution is -2.48. The number of para-hydroxylation sites is 1. The summed E-state index contributed by atoms with van der Waals surface area (Å²) in [4.78, 5) is 30.6. The van der Waals surface area contributed by atoms with Crippen LogP contribution in [0.3, 0.4) is 0 Å². The maximum Gasteiger partial charge on any atom is 0.242 e. The van der Waals surface area contributed by atoms with E-state index in [-0.39, 0.29) is 18.4 Å². The number of carbonyl (C=O) groups is 2. The molecule has 2 aromatic rings. The number of amides is 2. The second-order valence-electron chi connectivity index (χ2n) is 6.15. The fourth-order valence-corrected chi connectivity index (χ4v) is 3.88. The Morgan fingerprint density at radius 1 is 1.42 bits per heavy atom. The van der Waals surface area contributed by atoms with Crippen LogP contribution >= 0.6 is 11.3 Å². The lowest BCUT2D eigenvalue weighted by Gasteiger charge is -2.18. The first-order valence-electron chi connectivity index (χ1n) is 8.22. The number of rotatable bonds is 5. The molecule has 1 atom stereocenters. The monoisotopic (exact) mass is 346 g/mol. The highest BCUT2D eigenvalue weighted by Gasteiger charge is 2.22. The van der Waals surface area contributed by atoms with Crippen molar-refractivity contribution >= 4 is 33.4 Å². The largest absolute Gasteiger partial charge is 0.354 e. The SMILES string of the molecule is CN(CC(=O)N[C@@H]1CCCCNC1=O)Cc1nc2ccccc2s1. The minimum atomic E-state index is -0.407. The highest BCUT2D eigenvalue weighted by atomic mass is 32.1. The molecule has 1 aliphatic heterocycles. The van der Waals surface area contributed by atoms with Crippen LogP contribution in [0.4, 0.5) is 0 Å². The van der Waals surface area contributed by atoms with E-state index in [9.17, 15) is 9.59 Å². The van der Waals surface area contributed by atoms with Gasteiger partial charge in [0.25, 0.3) is 0 Å². The third kappa shape index (κ3) is 4.30. The third-order valence-electron chi connectivity index (χ3n) is 4.03. The van der Waals surface area contributed by atoms with Crippen molar-refractivity contribution in [1.29, 1.82) is 0 Å². The number of hydrogen-bond acceptors (Lipinski definition) is 5. The van der Waals surface area contributed by atoms with Crippen molar-refractivity contribution in [1.82, 2.24) is 20.5 Å². The fourth-order valence-electron chi connectivity index (χ4n) is 2.84. The van der Waals surface area contributed by atoms with Gasteiger partial charge in [0, 0.05) is 6.54 Å². The Bertz CT molecular complexity index is 697. The van der Waals surface area contributed by atoms with E-state index >= 15 is 0 Å². The summed E-state index contributed by atoms with van der Waals surface area (Å²) < 4.78 is 1.15. The second-order valence-corrected chi connectivity index (χ2v) is 7.27. The Balaban J connectivity index is 1.52. The predicted octanol–water partition coefficient (Wildman–Crippen LogP) is 1.51. The van der Waals surface area contributed by atoms with Gasteiger partial charge in [0.05, 0.1) is 23.3 Å². The number of nitrogens with zero attached hydrogens (tertiary/aromatic N) is 2. The zero-order valence-corrected chi connectivity index (χ0v) is 14.6. The molecule has 24 heavy (non-hydrogen) atoms. The maximum absolute atomic E-state index is 12.2.